The van der Waals surface area contributed by atoms with E-state index in [1.165, 1.54) is 19.1 Å². The SMILES string of the molecule is CC(=O)c1ccc2c(c1)[nH]c1ccc(F)cc12. The molecule has 0 spiro atoms. The molecule has 1 N–H and O–H groups in total. The van der Waals surface area contributed by atoms with E-state index in [0.717, 1.165) is 21.8 Å². The quantitative estimate of drug-likeness (QED) is 0.632. The van der Waals surface area contributed by atoms with Crippen LogP contribution in [-0.4, -0.2) is 10.8 Å². The van der Waals surface area contributed by atoms with Crippen LogP contribution in [0.5, 0.6) is 0 Å². The van der Waals surface area contributed by atoms with Crippen molar-refractivity contribution in [2.75, 3.05) is 0 Å². The van der Waals surface area contributed by atoms with Crippen molar-refractivity contribution in [1.82, 2.24) is 4.98 Å². The van der Waals surface area contributed by atoms with E-state index in [0.29, 0.717) is 5.56 Å². The zero-order valence-corrected chi connectivity index (χ0v) is 9.25. The molecule has 0 aliphatic heterocycles. The highest BCUT2D eigenvalue weighted by molar-refractivity contribution is 6.09. The van der Waals surface area contributed by atoms with Crippen molar-refractivity contribution in [2.45, 2.75) is 6.92 Å². The number of halogens is 1. The summed E-state index contributed by atoms with van der Waals surface area (Å²) >= 11 is 0. The molecule has 0 amide bonds. The minimum Gasteiger partial charge on any atom is -0.354 e. The van der Waals surface area contributed by atoms with Gasteiger partial charge in [0, 0.05) is 27.4 Å². The Morgan fingerprint density at radius 1 is 1.06 bits per heavy atom. The van der Waals surface area contributed by atoms with Crippen LogP contribution < -0.4 is 0 Å². The summed E-state index contributed by atoms with van der Waals surface area (Å²) in [5, 5.41) is 1.78. The van der Waals surface area contributed by atoms with Crippen molar-refractivity contribution in [3.05, 3.63) is 47.8 Å². The predicted molar refractivity (Wildman–Crippen MR) is 65.8 cm³/mol. The van der Waals surface area contributed by atoms with E-state index >= 15 is 0 Å². The highest BCUT2D eigenvalue weighted by Crippen LogP contribution is 2.26. The molecule has 0 bridgehead atoms. The molecule has 1 aromatic heterocycles. The van der Waals surface area contributed by atoms with Gasteiger partial charge in [-0.1, -0.05) is 12.1 Å². The van der Waals surface area contributed by atoms with Gasteiger partial charge in [-0.3, -0.25) is 4.79 Å². The number of carbonyl (C=O) groups is 1. The van der Waals surface area contributed by atoms with Crippen molar-refractivity contribution in [2.24, 2.45) is 0 Å². The molecule has 1 heterocycles. The number of hydrogen-bond donors (Lipinski definition) is 1. The van der Waals surface area contributed by atoms with E-state index in [1.807, 2.05) is 6.07 Å². The highest BCUT2D eigenvalue weighted by atomic mass is 19.1. The van der Waals surface area contributed by atoms with Crippen molar-refractivity contribution in [3.63, 3.8) is 0 Å². The maximum Gasteiger partial charge on any atom is 0.159 e. The third kappa shape index (κ3) is 1.51. The lowest BCUT2D eigenvalue weighted by Gasteiger charge is -1.95. The number of ketones is 1. The van der Waals surface area contributed by atoms with Crippen molar-refractivity contribution in [3.8, 4) is 0 Å². The van der Waals surface area contributed by atoms with Crippen molar-refractivity contribution in [1.29, 1.82) is 0 Å². The molecule has 17 heavy (non-hydrogen) atoms. The Balaban J connectivity index is 2.39. The first kappa shape index (κ1) is 10.0. The fourth-order valence-corrected chi connectivity index (χ4v) is 2.09. The molecule has 0 saturated carbocycles. The van der Waals surface area contributed by atoms with Gasteiger partial charge in [0.15, 0.2) is 5.78 Å². The van der Waals surface area contributed by atoms with Crippen LogP contribution >= 0.6 is 0 Å². The zero-order valence-electron chi connectivity index (χ0n) is 9.25. The zero-order chi connectivity index (χ0) is 12.0. The fraction of sp³-hybridized carbons (Fsp3) is 0.0714. The molecule has 0 unspecified atom stereocenters. The standard InChI is InChI=1S/C14H10FNO/c1-8(17)9-2-4-11-12-7-10(15)3-5-13(12)16-14(11)6-9/h2-7,16H,1H3. The summed E-state index contributed by atoms with van der Waals surface area (Å²) in [6.45, 7) is 1.53. The summed E-state index contributed by atoms with van der Waals surface area (Å²) in [6, 6.07) is 10.0. The third-order valence-electron chi connectivity index (χ3n) is 2.97. The topological polar surface area (TPSA) is 32.9 Å². The molecular formula is C14H10FNO. The Bertz CT molecular complexity index is 742. The lowest BCUT2D eigenvalue weighted by Crippen LogP contribution is -1.90. The van der Waals surface area contributed by atoms with Crippen LogP contribution in [0.15, 0.2) is 36.4 Å². The van der Waals surface area contributed by atoms with E-state index in [4.69, 9.17) is 0 Å². The number of fused-ring (bicyclic) bond motifs is 3. The summed E-state index contributed by atoms with van der Waals surface area (Å²) in [7, 11) is 0. The summed E-state index contributed by atoms with van der Waals surface area (Å²) in [4.78, 5) is 14.5. The highest BCUT2D eigenvalue weighted by Gasteiger charge is 2.07. The minimum atomic E-state index is -0.256. The van der Waals surface area contributed by atoms with Crippen LogP contribution in [0.2, 0.25) is 0 Å². The second-order valence-electron chi connectivity index (χ2n) is 4.13. The lowest BCUT2D eigenvalue weighted by molar-refractivity contribution is 0.101. The third-order valence-corrected chi connectivity index (χ3v) is 2.97. The summed E-state index contributed by atoms with van der Waals surface area (Å²) in [5.41, 5.74) is 2.39. The van der Waals surface area contributed by atoms with Crippen LogP contribution in [0, 0.1) is 5.82 Å². The molecule has 3 rings (SSSR count). The molecule has 84 valence electrons. The Morgan fingerprint density at radius 2 is 1.88 bits per heavy atom. The second kappa shape index (κ2) is 3.42. The van der Waals surface area contributed by atoms with Gasteiger partial charge in [-0.25, -0.2) is 4.39 Å². The van der Waals surface area contributed by atoms with Crippen molar-refractivity contribution < 1.29 is 9.18 Å². The molecule has 3 aromatic rings. The summed E-state index contributed by atoms with van der Waals surface area (Å²) in [5.74, 6) is -0.231. The molecule has 0 radical (unpaired) electrons. The molecule has 2 aromatic carbocycles. The number of H-pyrrole nitrogens is 1. The van der Waals surface area contributed by atoms with Gasteiger partial charge >= 0.3 is 0 Å². The van der Waals surface area contributed by atoms with Gasteiger partial charge in [-0.2, -0.15) is 0 Å². The lowest BCUT2D eigenvalue weighted by atomic mass is 10.1. The van der Waals surface area contributed by atoms with Gasteiger partial charge in [-0.15, -0.1) is 0 Å². The smallest absolute Gasteiger partial charge is 0.159 e. The number of rotatable bonds is 1. The van der Waals surface area contributed by atoms with Gasteiger partial charge in [0.2, 0.25) is 0 Å². The number of nitrogens with one attached hydrogen (secondary N) is 1. The maximum absolute atomic E-state index is 13.2. The molecule has 0 aliphatic rings. The summed E-state index contributed by atoms with van der Waals surface area (Å²) in [6.07, 6.45) is 0. The van der Waals surface area contributed by atoms with E-state index < -0.39 is 0 Å². The summed E-state index contributed by atoms with van der Waals surface area (Å²) < 4.78 is 13.2. The minimum absolute atomic E-state index is 0.0248. The van der Waals surface area contributed by atoms with Gasteiger partial charge in [-0.05, 0) is 31.2 Å². The normalized spacial score (nSPS) is 11.2. The number of aromatic amines is 1. The Hall–Kier alpha value is -2.16. The molecule has 0 saturated heterocycles. The molecule has 2 nitrogen and oxygen atoms in total. The van der Waals surface area contributed by atoms with Gasteiger partial charge < -0.3 is 4.98 Å². The average molecular weight is 227 g/mol. The van der Waals surface area contributed by atoms with E-state index in [-0.39, 0.29) is 11.6 Å². The number of hydrogen-bond acceptors (Lipinski definition) is 1. The van der Waals surface area contributed by atoms with Crippen molar-refractivity contribution >= 4 is 27.6 Å². The first-order valence-electron chi connectivity index (χ1n) is 5.37. The monoisotopic (exact) mass is 227 g/mol. The Kier molecular flexibility index (Phi) is 2.01. The first-order valence-corrected chi connectivity index (χ1v) is 5.37. The van der Waals surface area contributed by atoms with E-state index in [9.17, 15) is 9.18 Å². The fourth-order valence-electron chi connectivity index (χ4n) is 2.09. The number of aromatic nitrogens is 1. The predicted octanol–water partition coefficient (Wildman–Crippen LogP) is 3.66. The molecule has 3 heteroatoms. The average Bonchev–Trinajstić information content (AvgIpc) is 2.66. The molecule has 0 atom stereocenters. The Labute approximate surface area is 97.1 Å². The van der Waals surface area contributed by atoms with E-state index in [2.05, 4.69) is 4.98 Å². The second-order valence-corrected chi connectivity index (χ2v) is 4.13. The van der Waals surface area contributed by atoms with Gasteiger partial charge in [0.05, 0.1) is 0 Å². The van der Waals surface area contributed by atoms with Gasteiger partial charge in [0.25, 0.3) is 0 Å². The van der Waals surface area contributed by atoms with Crippen LogP contribution in [-0.2, 0) is 0 Å². The van der Waals surface area contributed by atoms with Crippen LogP contribution in [0.4, 0.5) is 4.39 Å². The van der Waals surface area contributed by atoms with Crippen LogP contribution in [0.1, 0.15) is 17.3 Å². The first-order chi connectivity index (χ1) is 8.15. The van der Waals surface area contributed by atoms with Crippen LogP contribution in [0.3, 0.4) is 0 Å². The molecular weight excluding hydrogens is 217 g/mol. The van der Waals surface area contributed by atoms with Crippen LogP contribution in [0.25, 0.3) is 21.8 Å². The number of benzene rings is 2. The van der Waals surface area contributed by atoms with E-state index in [1.54, 1.807) is 18.2 Å². The number of Topliss-reactive ketones (excluding diaryl/α,β-unsaturated/α-hetero) is 1. The molecule has 0 aliphatic carbocycles. The largest absolute Gasteiger partial charge is 0.354 e. The number of carbonyl (C=O) groups excluding carboxylic acids is 1. The Morgan fingerprint density at radius 3 is 2.65 bits per heavy atom. The van der Waals surface area contributed by atoms with Gasteiger partial charge in [0.1, 0.15) is 5.82 Å². The maximum atomic E-state index is 13.2. The molecule has 0 fully saturated rings.